The van der Waals surface area contributed by atoms with Crippen molar-refractivity contribution in [1.29, 1.82) is 0 Å². The number of methoxy groups -OCH3 is 1. The average molecular weight is 290 g/mol. The smallest absolute Gasteiger partial charge is 0.356 e. The van der Waals surface area contributed by atoms with E-state index in [0.29, 0.717) is 17.8 Å². The van der Waals surface area contributed by atoms with E-state index in [2.05, 4.69) is 15.2 Å². The zero-order valence-corrected chi connectivity index (χ0v) is 11.9. The molecule has 0 saturated carbocycles. The van der Waals surface area contributed by atoms with Gasteiger partial charge in [0.15, 0.2) is 5.69 Å². The average Bonchev–Trinajstić information content (AvgIpc) is 2.87. The standard InChI is InChI=1S/C14H18N4O3/c1-21-10-3-2-6-18-11(9-17-7-4-15-5-8-17)16-12(13(10)18)14(19)20/h2-3,6,15H,4-5,7-9H2,1H3,(H,19,20). The van der Waals surface area contributed by atoms with Crippen LogP contribution in [0.2, 0.25) is 0 Å². The van der Waals surface area contributed by atoms with E-state index in [-0.39, 0.29) is 5.69 Å². The van der Waals surface area contributed by atoms with Gasteiger partial charge in [0, 0.05) is 32.4 Å². The summed E-state index contributed by atoms with van der Waals surface area (Å²) in [4.78, 5) is 18.0. The van der Waals surface area contributed by atoms with E-state index in [1.54, 1.807) is 6.07 Å². The molecule has 1 aliphatic rings. The van der Waals surface area contributed by atoms with Crippen molar-refractivity contribution >= 4 is 11.5 Å². The molecule has 0 aliphatic carbocycles. The second-order valence-electron chi connectivity index (χ2n) is 5.00. The Morgan fingerprint density at radius 2 is 2.24 bits per heavy atom. The fourth-order valence-electron chi connectivity index (χ4n) is 2.67. The Bertz CT molecular complexity index is 662. The fourth-order valence-corrected chi connectivity index (χ4v) is 2.67. The minimum absolute atomic E-state index is 0.0394. The number of nitrogens with zero attached hydrogens (tertiary/aromatic N) is 3. The van der Waals surface area contributed by atoms with E-state index in [4.69, 9.17) is 4.74 Å². The third-order valence-electron chi connectivity index (χ3n) is 3.70. The number of hydrogen-bond acceptors (Lipinski definition) is 5. The number of imidazole rings is 1. The predicted molar refractivity (Wildman–Crippen MR) is 76.9 cm³/mol. The molecule has 0 unspecified atom stereocenters. The highest BCUT2D eigenvalue weighted by Crippen LogP contribution is 2.25. The van der Waals surface area contributed by atoms with Gasteiger partial charge in [-0.2, -0.15) is 0 Å². The lowest BCUT2D eigenvalue weighted by Gasteiger charge is -2.26. The van der Waals surface area contributed by atoms with Gasteiger partial charge in [0.1, 0.15) is 17.1 Å². The summed E-state index contributed by atoms with van der Waals surface area (Å²) in [6, 6.07) is 3.58. The van der Waals surface area contributed by atoms with Crippen LogP contribution in [0.4, 0.5) is 0 Å². The number of carbonyl (C=O) groups is 1. The molecule has 0 atom stereocenters. The van der Waals surface area contributed by atoms with Crippen molar-refractivity contribution < 1.29 is 14.6 Å². The highest BCUT2D eigenvalue weighted by Gasteiger charge is 2.21. The van der Waals surface area contributed by atoms with E-state index in [0.717, 1.165) is 32.0 Å². The Balaban J connectivity index is 2.04. The maximum atomic E-state index is 11.4. The monoisotopic (exact) mass is 290 g/mol. The molecule has 1 aliphatic heterocycles. The van der Waals surface area contributed by atoms with Gasteiger partial charge in [-0.25, -0.2) is 9.78 Å². The molecule has 3 heterocycles. The van der Waals surface area contributed by atoms with Crippen molar-refractivity contribution in [2.75, 3.05) is 33.3 Å². The lowest BCUT2D eigenvalue weighted by molar-refractivity contribution is 0.0692. The highest BCUT2D eigenvalue weighted by molar-refractivity contribution is 5.95. The van der Waals surface area contributed by atoms with E-state index >= 15 is 0 Å². The van der Waals surface area contributed by atoms with Crippen molar-refractivity contribution in [1.82, 2.24) is 19.6 Å². The molecular formula is C14H18N4O3. The first-order valence-corrected chi connectivity index (χ1v) is 6.91. The fraction of sp³-hybridized carbons (Fsp3) is 0.429. The number of aromatic carboxylic acids is 1. The Kier molecular flexibility index (Phi) is 3.76. The summed E-state index contributed by atoms with van der Waals surface area (Å²) < 4.78 is 7.08. The van der Waals surface area contributed by atoms with E-state index < -0.39 is 5.97 Å². The molecule has 1 fully saturated rings. The van der Waals surface area contributed by atoms with Crippen molar-refractivity contribution in [2.45, 2.75) is 6.54 Å². The van der Waals surface area contributed by atoms with Crippen LogP contribution in [0.15, 0.2) is 18.3 Å². The molecule has 2 aromatic rings. The second-order valence-corrected chi connectivity index (χ2v) is 5.00. The first-order chi connectivity index (χ1) is 10.2. The van der Waals surface area contributed by atoms with Crippen LogP contribution in [0.25, 0.3) is 5.52 Å². The van der Waals surface area contributed by atoms with Crippen molar-refractivity contribution in [3.63, 3.8) is 0 Å². The zero-order chi connectivity index (χ0) is 14.8. The minimum Gasteiger partial charge on any atom is -0.494 e. The summed E-state index contributed by atoms with van der Waals surface area (Å²) in [6.07, 6.45) is 1.83. The number of pyridine rings is 1. The van der Waals surface area contributed by atoms with Gasteiger partial charge in [-0.1, -0.05) is 0 Å². The lowest BCUT2D eigenvalue weighted by atomic mass is 10.3. The summed E-state index contributed by atoms with van der Waals surface area (Å²) in [7, 11) is 1.53. The van der Waals surface area contributed by atoms with Crippen LogP contribution in [0.3, 0.4) is 0 Å². The Morgan fingerprint density at radius 1 is 1.48 bits per heavy atom. The first kappa shape index (κ1) is 13.8. The molecule has 112 valence electrons. The summed E-state index contributed by atoms with van der Waals surface area (Å²) in [5.74, 6) is 0.209. The number of piperazine rings is 1. The van der Waals surface area contributed by atoms with Gasteiger partial charge >= 0.3 is 5.97 Å². The minimum atomic E-state index is -1.04. The topological polar surface area (TPSA) is 79.1 Å². The number of carboxylic acids is 1. The molecule has 0 bridgehead atoms. The number of nitrogens with one attached hydrogen (secondary N) is 1. The molecule has 7 heteroatoms. The molecule has 0 aromatic carbocycles. The van der Waals surface area contributed by atoms with E-state index in [1.165, 1.54) is 7.11 Å². The lowest BCUT2D eigenvalue weighted by Crippen LogP contribution is -2.43. The number of carboxylic acid groups (broad SMARTS) is 1. The van der Waals surface area contributed by atoms with Crippen LogP contribution in [0.5, 0.6) is 5.75 Å². The highest BCUT2D eigenvalue weighted by atomic mass is 16.5. The maximum absolute atomic E-state index is 11.4. The number of fused-ring (bicyclic) bond motifs is 1. The third-order valence-corrected chi connectivity index (χ3v) is 3.70. The Labute approximate surface area is 122 Å². The molecule has 0 amide bonds. The number of ether oxygens (including phenoxy) is 1. The summed E-state index contributed by atoms with van der Waals surface area (Å²) >= 11 is 0. The molecular weight excluding hydrogens is 272 g/mol. The number of hydrogen-bond donors (Lipinski definition) is 2. The second kappa shape index (κ2) is 5.71. The molecule has 1 saturated heterocycles. The Hall–Kier alpha value is -2.12. The van der Waals surface area contributed by atoms with E-state index in [1.807, 2.05) is 16.7 Å². The van der Waals surface area contributed by atoms with Gasteiger partial charge in [-0.05, 0) is 12.1 Å². The first-order valence-electron chi connectivity index (χ1n) is 6.91. The molecule has 0 spiro atoms. The van der Waals surface area contributed by atoms with Crippen LogP contribution in [0, 0.1) is 0 Å². The van der Waals surface area contributed by atoms with Crippen LogP contribution >= 0.6 is 0 Å². The molecule has 2 aromatic heterocycles. The van der Waals surface area contributed by atoms with Gasteiger partial charge in [0.25, 0.3) is 0 Å². The summed E-state index contributed by atoms with van der Waals surface area (Å²) in [6.45, 7) is 4.38. The SMILES string of the molecule is COc1cccn2c(CN3CCNCC3)nc(C(=O)O)c12. The van der Waals surface area contributed by atoms with Gasteiger partial charge in [0.05, 0.1) is 13.7 Å². The van der Waals surface area contributed by atoms with Crippen molar-refractivity contribution in [3.05, 3.63) is 29.8 Å². The van der Waals surface area contributed by atoms with Crippen molar-refractivity contribution in [2.24, 2.45) is 0 Å². The Morgan fingerprint density at radius 3 is 2.90 bits per heavy atom. The molecule has 2 N–H and O–H groups in total. The van der Waals surface area contributed by atoms with Crippen LogP contribution in [-0.2, 0) is 6.54 Å². The summed E-state index contributed by atoms with van der Waals surface area (Å²) in [5, 5.41) is 12.7. The largest absolute Gasteiger partial charge is 0.494 e. The van der Waals surface area contributed by atoms with Crippen LogP contribution in [0.1, 0.15) is 16.3 Å². The maximum Gasteiger partial charge on any atom is 0.356 e. The normalized spacial score (nSPS) is 16.2. The van der Waals surface area contributed by atoms with Crippen molar-refractivity contribution in [3.8, 4) is 5.75 Å². The van der Waals surface area contributed by atoms with Gasteiger partial charge in [-0.3, -0.25) is 9.30 Å². The van der Waals surface area contributed by atoms with Gasteiger partial charge < -0.3 is 15.2 Å². The molecule has 3 rings (SSSR count). The third kappa shape index (κ3) is 2.57. The quantitative estimate of drug-likeness (QED) is 0.851. The number of aromatic nitrogens is 2. The van der Waals surface area contributed by atoms with Crippen LogP contribution < -0.4 is 10.1 Å². The zero-order valence-electron chi connectivity index (χ0n) is 11.9. The van der Waals surface area contributed by atoms with Gasteiger partial charge in [-0.15, -0.1) is 0 Å². The number of rotatable bonds is 4. The summed E-state index contributed by atoms with van der Waals surface area (Å²) in [5.41, 5.74) is 0.551. The molecule has 7 nitrogen and oxygen atoms in total. The van der Waals surface area contributed by atoms with Crippen LogP contribution in [-0.4, -0.2) is 58.6 Å². The predicted octanol–water partition coefficient (Wildman–Crippen LogP) is 0.446. The van der Waals surface area contributed by atoms with E-state index in [9.17, 15) is 9.90 Å². The molecule has 21 heavy (non-hydrogen) atoms. The van der Waals surface area contributed by atoms with Gasteiger partial charge in [0.2, 0.25) is 0 Å². The molecule has 0 radical (unpaired) electrons.